The zero-order valence-electron chi connectivity index (χ0n) is 10.1. The van der Waals surface area contributed by atoms with E-state index in [4.69, 9.17) is 5.11 Å². The minimum Gasteiger partial charge on any atom is -0.480 e. The largest absolute Gasteiger partial charge is 0.480 e. The molecule has 2 rings (SSSR count). The van der Waals surface area contributed by atoms with E-state index in [1.54, 1.807) is 4.90 Å². The maximum atomic E-state index is 13.1. The first-order valence-corrected chi connectivity index (χ1v) is 5.89. The van der Waals surface area contributed by atoms with Gasteiger partial charge in [0.1, 0.15) is 17.7 Å². The molecule has 98 valence electrons. The highest BCUT2D eigenvalue weighted by molar-refractivity contribution is 5.74. The Balaban J connectivity index is 2.15. The molecule has 0 bridgehead atoms. The van der Waals surface area contributed by atoms with Crippen LogP contribution in [0.1, 0.15) is 18.9 Å². The minimum absolute atomic E-state index is 0.0564. The molecule has 3 nitrogen and oxygen atoms in total. The van der Waals surface area contributed by atoms with Gasteiger partial charge in [0.25, 0.3) is 0 Å². The van der Waals surface area contributed by atoms with Crippen LogP contribution < -0.4 is 0 Å². The normalized spacial score (nSPS) is 24.4. The standard InChI is InChI=1S/C13H15F2NO2/c1-8-2-3-16(12(8)13(17)18)7-9-4-10(14)6-11(15)5-9/h4-6,8,12H,2-3,7H2,1H3,(H,17,18). The van der Waals surface area contributed by atoms with Crippen LogP contribution in [0, 0.1) is 17.6 Å². The van der Waals surface area contributed by atoms with Crippen molar-refractivity contribution < 1.29 is 18.7 Å². The zero-order chi connectivity index (χ0) is 13.3. The minimum atomic E-state index is -0.878. The Kier molecular flexibility index (Phi) is 3.61. The first-order chi connectivity index (χ1) is 8.47. The van der Waals surface area contributed by atoms with Crippen LogP contribution in [0.2, 0.25) is 0 Å². The Bertz CT molecular complexity index is 444. The number of benzene rings is 1. The summed E-state index contributed by atoms with van der Waals surface area (Å²) in [6, 6.07) is 2.72. The third-order valence-corrected chi connectivity index (χ3v) is 3.37. The second-order valence-electron chi connectivity index (χ2n) is 4.80. The van der Waals surface area contributed by atoms with Crippen LogP contribution in [0.15, 0.2) is 18.2 Å². The Labute approximate surface area is 104 Å². The summed E-state index contributed by atoms with van der Waals surface area (Å²) >= 11 is 0. The predicted octanol–water partition coefficient (Wildman–Crippen LogP) is 2.26. The van der Waals surface area contributed by atoms with Crippen LogP contribution in [0.5, 0.6) is 0 Å². The first-order valence-electron chi connectivity index (χ1n) is 5.89. The molecule has 0 radical (unpaired) electrons. The van der Waals surface area contributed by atoms with E-state index in [9.17, 15) is 13.6 Å². The van der Waals surface area contributed by atoms with Crippen LogP contribution >= 0.6 is 0 Å². The van der Waals surface area contributed by atoms with Crippen LogP contribution in [-0.2, 0) is 11.3 Å². The zero-order valence-corrected chi connectivity index (χ0v) is 10.1. The van der Waals surface area contributed by atoms with Crippen molar-refractivity contribution in [1.29, 1.82) is 0 Å². The van der Waals surface area contributed by atoms with Gasteiger partial charge in [0.2, 0.25) is 0 Å². The molecule has 0 aliphatic carbocycles. The number of halogens is 2. The topological polar surface area (TPSA) is 40.5 Å². The summed E-state index contributed by atoms with van der Waals surface area (Å²) < 4.78 is 26.1. The molecule has 1 aliphatic rings. The summed E-state index contributed by atoms with van der Waals surface area (Å²) in [5.74, 6) is -2.09. The number of nitrogens with zero attached hydrogens (tertiary/aromatic N) is 1. The predicted molar refractivity (Wildman–Crippen MR) is 62.0 cm³/mol. The summed E-state index contributed by atoms with van der Waals surface area (Å²) in [7, 11) is 0. The SMILES string of the molecule is CC1CCN(Cc2cc(F)cc(F)c2)C1C(=O)O. The van der Waals surface area contributed by atoms with Gasteiger partial charge in [-0.25, -0.2) is 8.78 Å². The van der Waals surface area contributed by atoms with Crippen molar-refractivity contribution in [2.75, 3.05) is 6.54 Å². The van der Waals surface area contributed by atoms with Crippen LogP contribution in [0.4, 0.5) is 8.78 Å². The van der Waals surface area contributed by atoms with Crippen molar-refractivity contribution >= 4 is 5.97 Å². The maximum Gasteiger partial charge on any atom is 0.321 e. The van der Waals surface area contributed by atoms with E-state index in [0.717, 1.165) is 12.5 Å². The average Bonchev–Trinajstić information content (AvgIpc) is 2.57. The number of aliphatic carboxylic acids is 1. The molecular weight excluding hydrogens is 240 g/mol. The molecule has 5 heteroatoms. The molecule has 2 unspecified atom stereocenters. The summed E-state index contributed by atoms with van der Waals surface area (Å²) in [5, 5.41) is 9.15. The number of carboxylic acid groups (broad SMARTS) is 1. The molecule has 1 saturated heterocycles. The van der Waals surface area contributed by atoms with Crippen LogP contribution in [0.25, 0.3) is 0 Å². The lowest BCUT2D eigenvalue weighted by molar-refractivity contribution is -0.143. The Morgan fingerprint density at radius 1 is 1.39 bits per heavy atom. The van der Waals surface area contributed by atoms with Gasteiger partial charge in [0, 0.05) is 12.6 Å². The second-order valence-corrected chi connectivity index (χ2v) is 4.80. The van der Waals surface area contributed by atoms with Gasteiger partial charge in [0.05, 0.1) is 0 Å². The molecule has 0 aromatic heterocycles. The number of rotatable bonds is 3. The van der Waals surface area contributed by atoms with Gasteiger partial charge >= 0.3 is 5.97 Å². The molecule has 1 fully saturated rings. The number of hydrogen-bond acceptors (Lipinski definition) is 2. The van der Waals surface area contributed by atoms with E-state index >= 15 is 0 Å². The quantitative estimate of drug-likeness (QED) is 0.900. The van der Waals surface area contributed by atoms with E-state index in [-0.39, 0.29) is 12.5 Å². The van der Waals surface area contributed by atoms with Crippen molar-refractivity contribution in [2.45, 2.75) is 25.9 Å². The monoisotopic (exact) mass is 255 g/mol. The number of likely N-dealkylation sites (tertiary alicyclic amines) is 1. The van der Waals surface area contributed by atoms with Gasteiger partial charge in [-0.05, 0) is 36.6 Å². The van der Waals surface area contributed by atoms with Gasteiger partial charge in [-0.15, -0.1) is 0 Å². The Hall–Kier alpha value is -1.49. The summed E-state index contributed by atoms with van der Waals surface area (Å²) in [5.41, 5.74) is 0.466. The van der Waals surface area contributed by atoms with E-state index in [0.29, 0.717) is 12.1 Å². The van der Waals surface area contributed by atoms with Gasteiger partial charge < -0.3 is 5.11 Å². The van der Waals surface area contributed by atoms with Crippen LogP contribution in [-0.4, -0.2) is 28.6 Å². The Morgan fingerprint density at radius 2 is 2.00 bits per heavy atom. The van der Waals surface area contributed by atoms with Gasteiger partial charge in [-0.2, -0.15) is 0 Å². The molecule has 1 N–H and O–H groups in total. The molecule has 0 amide bonds. The highest BCUT2D eigenvalue weighted by Gasteiger charge is 2.36. The lowest BCUT2D eigenvalue weighted by Crippen LogP contribution is -2.38. The first kappa shape index (κ1) is 13.0. The number of carbonyl (C=O) groups is 1. The van der Waals surface area contributed by atoms with Crippen molar-refractivity contribution in [1.82, 2.24) is 4.90 Å². The van der Waals surface area contributed by atoms with Gasteiger partial charge in [-0.3, -0.25) is 9.69 Å². The lowest BCUT2D eigenvalue weighted by Gasteiger charge is -2.23. The van der Waals surface area contributed by atoms with Crippen molar-refractivity contribution in [3.05, 3.63) is 35.4 Å². The van der Waals surface area contributed by atoms with Crippen molar-refractivity contribution in [3.63, 3.8) is 0 Å². The number of hydrogen-bond donors (Lipinski definition) is 1. The lowest BCUT2D eigenvalue weighted by atomic mass is 10.0. The maximum absolute atomic E-state index is 13.1. The fraction of sp³-hybridized carbons (Fsp3) is 0.462. The van der Waals surface area contributed by atoms with E-state index in [1.807, 2.05) is 6.92 Å². The van der Waals surface area contributed by atoms with E-state index in [1.165, 1.54) is 12.1 Å². The fourth-order valence-corrected chi connectivity index (χ4v) is 2.54. The van der Waals surface area contributed by atoms with Crippen molar-refractivity contribution in [2.24, 2.45) is 5.92 Å². The molecule has 1 heterocycles. The highest BCUT2D eigenvalue weighted by atomic mass is 19.1. The third kappa shape index (κ3) is 2.67. The molecular formula is C13H15F2NO2. The fourth-order valence-electron chi connectivity index (χ4n) is 2.54. The smallest absolute Gasteiger partial charge is 0.321 e. The van der Waals surface area contributed by atoms with Crippen molar-refractivity contribution in [3.8, 4) is 0 Å². The average molecular weight is 255 g/mol. The third-order valence-electron chi connectivity index (χ3n) is 3.37. The van der Waals surface area contributed by atoms with E-state index in [2.05, 4.69) is 0 Å². The van der Waals surface area contributed by atoms with Gasteiger partial charge in [-0.1, -0.05) is 6.92 Å². The summed E-state index contributed by atoms with van der Waals surface area (Å²) in [6.07, 6.45) is 0.786. The summed E-state index contributed by atoms with van der Waals surface area (Å²) in [4.78, 5) is 12.9. The van der Waals surface area contributed by atoms with Crippen LogP contribution in [0.3, 0.4) is 0 Å². The molecule has 0 saturated carbocycles. The Morgan fingerprint density at radius 3 is 2.56 bits per heavy atom. The molecule has 1 aromatic carbocycles. The molecule has 1 aliphatic heterocycles. The molecule has 0 spiro atoms. The second kappa shape index (κ2) is 5.02. The number of carboxylic acids is 1. The van der Waals surface area contributed by atoms with E-state index < -0.39 is 23.6 Å². The summed E-state index contributed by atoms with van der Waals surface area (Å²) in [6.45, 7) is 2.77. The molecule has 18 heavy (non-hydrogen) atoms. The molecule has 1 aromatic rings. The highest BCUT2D eigenvalue weighted by Crippen LogP contribution is 2.26. The van der Waals surface area contributed by atoms with Gasteiger partial charge in [0.15, 0.2) is 0 Å². The molecule has 2 atom stereocenters.